The number of nitrogens with one attached hydrogen (secondary N) is 1. The third-order valence-corrected chi connectivity index (χ3v) is 3.50. The first-order valence-corrected chi connectivity index (χ1v) is 8.04. The van der Waals surface area contributed by atoms with Crippen LogP contribution in [0.2, 0.25) is 0 Å². The van der Waals surface area contributed by atoms with Crippen LogP contribution in [0.4, 0.5) is 5.82 Å². The van der Waals surface area contributed by atoms with Gasteiger partial charge in [-0.15, -0.1) is 0 Å². The number of pyridine rings is 1. The molecule has 0 unspecified atom stereocenters. The maximum atomic E-state index is 9.10. The van der Waals surface area contributed by atoms with E-state index in [-0.39, 0.29) is 0 Å². The lowest BCUT2D eigenvalue weighted by molar-refractivity contribution is -0.159. The van der Waals surface area contributed by atoms with Crippen LogP contribution in [0, 0.1) is 6.92 Å². The van der Waals surface area contributed by atoms with Crippen molar-refractivity contribution >= 4 is 28.7 Å². The molecule has 2 rings (SSSR count). The Balaban J connectivity index is 0.000000487. The van der Waals surface area contributed by atoms with Gasteiger partial charge in [0.2, 0.25) is 0 Å². The third kappa shape index (κ3) is 6.94. The number of anilines is 1. The van der Waals surface area contributed by atoms with Crippen LogP contribution in [0.5, 0.6) is 5.75 Å². The van der Waals surface area contributed by atoms with Gasteiger partial charge in [-0.2, -0.15) is 0 Å². The number of aromatic nitrogens is 1. The molecule has 0 atom stereocenters. The molecule has 0 fully saturated rings. The highest BCUT2D eigenvalue weighted by molar-refractivity contribution is 6.27. The van der Waals surface area contributed by atoms with E-state index in [2.05, 4.69) is 48.4 Å². The van der Waals surface area contributed by atoms with Gasteiger partial charge in [-0.25, -0.2) is 14.6 Å². The third-order valence-electron chi connectivity index (χ3n) is 3.50. The zero-order valence-corrected chi connectivity index (χ0v) is 15.4. The number of rotatable bonds is 6. The molecule has 142 valence electrons. The summed E-state index contributed by atoms with van der Waals surface area (Å²) in [5, 5.41) is 19.3. The molecular formula is C18H25N3O5. The molecule has 0 bridgehead atoms. The van der Waals surface area contributed by atoms with Crippen LogP contribution in [0.25, 0.3) is 10.9 Å². The van der Waals surface area contributed by atoms with Crippen molar-refractivity contribution in [2.45, 2.75) is 13.3 Å². The molecule has 0 spiro atoms. The van der Waals surface area contributed by atoms with Crippen LogP contribution in [0.15, 0.2) is 24.3 Å². The molecule has 1 aromatic carbocycles. The molecule has 8 nitrogen and oxygen atoms in total. The van der Waals surface area contributed by atoms with E-state index in [1.54, 1.807) is 7.11 Å². The first kappa shape index (κ1) is 21.2. The number of methoxy groups -OCH3 is 1. The number of ether oxygens (including phenoxy) is 1. The summed E-state index contributed by atoms with van der Waals surface area (Å²) in [4.78, 5) is 25.0. The first-order valence-electron chi connectivity index (χ1n) is 8.04. The van der Waals surface area contributed by atoms with Gasteiger partial charge in [0.05, 0.1) is 12.6 Å². The Labute approximate surface area is 152 Å². The molecule has 0 aliphatic rings. The molecule has 0 amide bonds. The van der Waals surface area contributed by atoms with Crippen molar-refractivity contribution in [3.05, 3.63) is 29.8 Å². The zero-order valence-electron chi connectivity index (χ0n) is 15.4. The Bertz CT molecular complexity index is 750. The Morgan fingerprint density at radius 2 is 1.85 bits per heavy atom. The number of carboxylic acid groups (broad SMARTS) is 2. The fourth-order valence-corrected chi connectivity index (χ4v) is 2.21. The number of carboxylic acids is 2. The van der Waals surface area contributed by atoms with Crippen LogP contribution in [0.3, 0.4) is 0 Å². The molecular weight excluding hydrogens is 338 g/mol. The molecule has 3 N–H and O–H groups in total. The van der Waals surface area contributed by atoms with Gasteiger partial charge in [0.25, 0.3) is 0 Å². The van der Waals surface area contributed by atoms with Crippen LogP contribution < -0.4 is 10.1 Å². The largest absolute Gasteiger partial charge is 0.497 e. The Morgan fingerprint density at radius 1 is 1.19 bits per heavy atom. The van der Waals surface area contributed by atoms with Crippen molar-refractivity contribution in [1.29, 1.82) is 0 Å². The van der Waals surface area contributed by atoms with Gasteiger partial charge in [0.1, 0.15) is 11.6 Å². The Kier molecular flexibility index (Phi) is 8.30. The van der Waals surface area contributed by atoms with Gasteiger partial charge in [-0.3, -0.25) is 0 Å². The van der Waals surface area contributed by atoms with E-state index >= 15 is 0 Å². The van der Waals surface area contributed by atoms with E-state index in [4.69, 9.17) is 24.5 Å². The minimum atomic E-state index is -1.82. The Morgan fingerprint density at radius 3 is 2.38 bits per heavy atom. The summed E-state index contributed by atoms with van der Waals surface area (Å²) < 4.78 is 5.26. The number of benzene rings is 1. The smallest absolute Gasteiger partial charge is 0.414 e. The van der Waals surface area contributed by atoms with Crippen molar-refractivity contribution < 1.29 is 24.5 Å². The fraction of sp³-hybridized carbons (Fsp3) is 0.389. The van der Waals surface area contributed by atoms with Crippen LogP contribution in [-0.2, 0) is 9.59 Å². The normalized spacial score (nSPS) is 10.2. The second-order valence-electron chi connectivity index (χ2n) is 5.90. The minimum absolute atomic E-state index is 0.842. The van der Waals surface area contributed by atoms with Crippen LogP contribution >= 0.6 is 0 Å². The number of nitrogens with zero attached hydrogens (tertiary/aromatic N) is 2. The van der Waals surface area contributed by atoms with E-state index in [0.717, 1.165) is 36.6 Å². The maximum Gasteiger partial charge on any atom is 0.414 e. The van der Waals surface area contributed by atoms with Gasteiger partial charge in [-0.1, -0.05) is 0 Å². The topological polar surface area (TPSA) is 112 Å². The van der Waals surface area contributed by atoms with Crippen molar-refractivity contribution in [2.75, 3.05) is 39.6 Å². The minimum Gasteiger partial charge on any atom is -0.497 e. The molecule has 0 aliphatic heterocycles. The van der Waals surface area contributed by atoms with E-state index in [1.807, 2.05) is 12.1 Å². The van der Waals surface area contributed by atoms with Crippen LogP contribution in [-0.4, -0.2) is 66.3 Å². The summed E-state index contributed by atoms with van der Waals surface area (Å²) in [7, 11) is 5.85. The maximum absolute atomic E-state index is 9.10. The summed E-state index contributed by atoms with van der Waals surface area (Å²) in [5.74, 6) is -1.87. The fourth-order valence-electron chi connectivity index (χ4n) is 2.21. The molecule has 1 heterocycles. The molecule has 0 saturated carbocycles. The second kappa shape index (κ2) is 10.2. The van der Waals surface area contributed by atoms with E-state index in [1.165, 1.54) is 10.9 Å². The zero-order chi connectivity index (χ0) is 19.7. The molecule has 0 saturated heterocycles. The molecule has 2 aromatic rings. The van der Waals surface area contributed by atoms with Gasteiger partial charge < -0.3 is 25.2 Å². The van der Waals surface area contributed by atoms with Gasteiger partial charge in [0, 0.05) is 18.0 Å². The van der Waals surface area contributed by atoms with Crippen molar-refractivity contribution in [3.63, 3.8) is 0 Å². The van der Waals surface area contributed by atoms with E-state index in [0.29, 0.717) is 0 Å². The van der Waals surface area contributed by atoms with E-state index in [9.17, 15) is 0 Å². The number of fused-ring (bicyclic) bond motifs is 1. The molecule has 26 heavy (non-hydrogen) atoms. The second-order valence-corrected chi connectivity index (χ2v) is 5.90. The SMILES string of the molecule is COc1ccc2c(C)cc(NCCCN(C)C)nc2c1.O=C(O)C(=O)O. The lowest BCUT2D eigenvalue weighted by atomic mass is 10.1. The summed E-state index contributed by atoms with van der Waals surface area (Å²) in [6.45, 7) is 4.12. The summed E-state index contributed by atoms with van der Waals surface area (Å²) in [6.07, 6.45) is 1.10. The molecule has 1 aromatic heterocycles. The molecule has 0 radical (unpaired) electrons. The molecule has 0 aliphatic carbocycles. The lowest BCUT2D eigenvalue weighted by Crippen LogP contribution is -2.16. The monoisotopic (exact) mass is 363 g/mol. The van der Waals surface area contributed by atoms with Crippen molar-refractivity contribution in [3.8, 4) is 5.75 Å². The average Bonchev–Trinajstić information content (AvgIpc) is 2.58. The summed E-state index contributed by atoms with van der Waals surface area (Å²) >= 11 is 0. The number of carbonyl (C=O) groups is 2. The summed E-state index contributed by atoms with van der Waals surface area (Å²) in [5.41, 5.74) is 2.20. The number of hydrogen-bond acceptors (Lipinski definition) is 6. The van der Waals surface area contributed by atoms with Gasteiger partial charge >= 0.3 is 11.9 Å². The van der Waals surface area contributed by atoms with Crippen LogP contribution in [0.1, 0.15) is 12.0 Å². The van der Waals surface area contributed by atoms with Gasteiger partial charge in [0.15, 0.2) is 0 Å². The highest BCUT2D eigenvalue weighted by Gasteiger charge is 2.05. The predicted octanol–water partition coefficient (Wildman–Crippen LogP) is 2.07. The molecule has 8 heteroatoms. The van der Waals surface area contributed by atoms with E-state index < -0.39 is 11.9 Å². The highest BCUT2D eigenvalue weighted by atomic mass is 16.5. The average molecular weight is 363 g/mol. The van der Waals surface area contributed by atoms with Gasteiger partial charge in [-0.05, 0) is 57.7 Å². The number of aliphatic carboxylic acids is 2. The number of aryl methyl sites for hydroxylation is 1. The Hall–Kier alpha value is -2.87. The first-order chi connectivity index (χ1) is 12.2. The van der Waals surface area contributed by atoms with Crippen molar-refractivity contribution in [1.82, 2.24) is 9.88 Å². The predicted molar refractivity (Wildman–Crippen MR) is 100.0 cm³/mol. The quantitative estimate of drug-likeness (QED) is 0.528. The number of hydrogen-bond donors (Lipinski definition) is 3. The van der Waals surface area contributed by atoms with Crippen molar-refractivity contribution in [2.24, 2.45) is 0 Å². The summed E-state index contributed by atoms with van der Waals surface area (Å²) in [6, 6.07) is 8.12. The lowest BCUT2D eigenvalue weighted by Gasteiger charge is -2.12. The standard InChI is InChI=1S/C16H23N3O.C2H2O4/c1-12-10-16(17-8-5-9-19(2)3)18-15-11-13(20-4)6-7-14(12)15;3-1(4)2(5)6/h6-7,10-11H,5,8-9H2,1-4H3,(H,17,18);(H,3,4)(H,5,6). The highest BCUT2D eigenvalue weighted by Crippen LogP contribution is 2.24.